The van der Waals surface area contributed by atoms with Crippen LogP contribution in [0, 0.1) is 34.5 Å². The smallest absolute Gasteiger partial charge is 0.156 e. The van der Waals surface area contributed by atoms with Gasteiger partial charge in [-0.25, -0.2) is 0 Å². The number of hydrogen-bond donors (Lipinski definition) is 0. The van der Waals surface area contributed by atoms with Crippen LogP contribution in [0.5, 0.6) is 0 Å². The third-order valence-corrected chi connectivity index (χ3v) is 8.54. The minimum absolute atomic E-state index is 0.199. The molecule has 5 unspecified atom stereocenters. The molecule has 0 aliphatic heterocycles. The van der Waals surface area contributed by atoms with Gasteiger partial charge >= 0.3 is 0 Å². The van der Waals surface area contributed by atoms with Gasteiger partial charge < -0.3 is 0 Å². The van der Waals surface area contributed by atoms with Gasteiger partial charge in [-0.05, 0) is 91.9 Å². The zero-order chi connectivity index (χ0) is 15.5. The summed E-state index contributed by atoms with van der Waals surface area (Å²) in [5, 5.41) is 0. The molecule has 0 spiro atoms. The zero-order valence-electron chi connectivity index (χ0n) is 14.7. The number of hydrogen-bond acceptors (Lipinski definition) is 1. The summed E-state index contributed by atoms with van der Waals surface area (Å²) in [7, 11) is 0. The molecule has 1 nitrogen and oxygen atoms in total. The van der Waals surface area contributed by atoms with Crippen molar-refractivity contribution in [3.63, 3.8) is 0 Å². The Labute approximate surface area is 135 Å². The first kappa shape index (κ1) is 15.0. The summed E-state index contributed by atoms with van der Waals surface area (Å²) in [4.78, 5) is 12.1. The molecule has 0 N–H and O–H groups in total. The monoisotopic (exact) mass is 300 g/mol. The van der Waals surface area contributed by atoms with Crippen molar-refractivity contribution in [2.45, 2.75) is 78.6 Å². The molecule has 0 aromatic carbocycles. The van der Waals surface area contributed by atoms with Gasteiger partial charge in [-0.3, -0.25) is 4.79 Å². The van der Waals surface area contributed by atoms with Crippen LogP contribution in [-0.2, 0) is 4.79 Å². The van der Waals surface area contributed by atoms with Gasteiger partial charge in [0.05, 0.1) is 0 Å². The summed E-state index contributed by atoms with van der Waals surface area (Å²) in [5.74, 6) is 3.90. The van der Waals surface area contributed by atoms with Gasteiger partial charge in [-0.1, -0.05) is 32.8 Å². The van der Waals surface area contributed by atoms with Crippen molar-refractivity contribution in [2.75, 3.05) is 0 Å². The average Bonchev–Trinajstić information content (AvgIpc) is 2.84. The van der Waals surface area contributed by atoms with E-state index in [4.69, 9.17) is 0 Å². The van der Waals surface area contributed by atoms with Crippen LogP contribution >= 0.6 is 0 Å². The maximum absolute atomic E-state index is 12.1. The minimum Gasteiger partial charge on any atom is -0.295 e. The summed E-state index contributed by atoms with van der Waals surface area (Å²) < 4.78 is 0. The van der Waals surface area contributed by atoms with Gasteiger partial charge in [-0.2, -0.15) is 0 Å². The van der Waals surface area contributed by atoms with Crippen molar-refractivity contribution < 1.29 is 4.79 Å². The lowest BCUT2D eigenvalue weighted by molar-refractivity contribution is -0.118. The lowest BCUT2D eigenvalue weighted by Crippen LogP contribution is -2.52. The predicted molar refractivity (Wildman–Crippen MR) is 90.5 cm³/mol. The van der Waals surface area contributed by atoms with E-state index in [1.165, 1.54) is 63.4 Å². The molecule has 0 aromatic rings. The van der Waals surface area contributed by atoms with Crippen LogP contribution in [-0.4, -0.2) is 5.78 Å². The third kappa shape index (κ3) is 1.86. The molecule has 4 aliphatic rings. The molecule has 3 saturated carbocycles. The molecule has 0 heterocycles. The number of carbonyl (C=O) groups is 1. The van der Waals surface area contributed by atoms with Crippen LogP contribution in [0.4, 0.5) is 0 Å². The topological polar surface area (TPSA) is 17.1 Å². The Hall–Kier alpha value is -0.590. The normalized spacial score (nSPS) is 50.6. The molecule has 0 amide bonds. The van der Waals surface area contributed by atoms with Crippen molar-refractivity contribution in [1.29, 1.82) is 0 Å². The molecule has 0 saturated heterocycles. The summed E-state index contributed by atoms with van der Waals surface area (Å²) in [6.07, 6.45) is 14.9. The van der Waals surface area contributed by atoms with E-state index in [2.05, 4.69) is 19.9 Å². The van der Waals surface area contributed by atoms with E-state index in [0.717, 1.165) is 23.7 Å². The second-order valence-corrected chi connectivity index (χ2v) is 9.27. The Morgan fingerprint density at radius 1 is 1.05 bits per heavy atom. The van der Waals surface area contributed by atoms with Crippen molar-refractivity contribution in [3.05, 3.63) is 11.6 Å². The van der Waals surface area contributed by atoms with Crippen LogP contribution in [0.1, 0.15) is 78.6 Å². The van der Waals surface area contributed by atoms with Gasteiger partial charge in [0.2, 0.25) is 0 Å². The van der Waals surface area contributed by atoms with Crippen LogP contribution in [0.2, 0.25) is 0 Å². The van der Waals surface area contributed by atoms with Gasteiger partial charge in [0.15, 0.2) is 5.78 Å². The van der Waals surface area contributed by atoms with E-state index in [1.54, 1.807) is 6.92 Å². The SMILES string of the molecule is CC(=O)C1=CCC2C3CC[C@H]4CCCCC4(C)C3CCC12C. The lowest BCUT2D eigenvalue weighted by atomic mass is 9.45. The second-order valence-electron chi connectivity index (χ2n) is 9.27. The van der Waals surface area contributed by atoms with E-state index >= 15 is 0 Å². The first-order valence-corrected chi connectivity index (χ1v) is 9.68. The van der Waals surface area contributed by atoms with E-state index in [1.807, 2.05) is 0 Å². The first-order chi connectivity index (χ1) is 10.5. The van der Waals surface area contributed by atoms with E-state index in [0.29, 0.717) is 11.2 Å². The molecular formula is C21H32O. The van der Waals surface area contributed by atoms with Crippen molar-refractivity contribution in [2.24, 2.45) is 34.5 Å². The lowest BCUT2D eigenvalue weighted by Gasteiger charge is -2.60. The molecule has 0 bridgehead atoms. The van der Waals surface area contributed by atoms with E-state index < -0.39 is 0 Å². The Balaban J connectivity index is 1.64. The number of allylic oxidation sites excluding steroid dienone is 2. The Morgan fingerprint density at radius 3 is 2.64 bits per heavy atom. The van der Waals surface area contributed by atoms with E-state index in [9.17, 15) is 4.79 Å². The highest BCUT2D eigenvalue weighted by Gasteiger charge is 2.58. The third-order valence-electron chi connectivity index (χ3n) is 8.54. The van der Waals surface area contributed by atoms with Crippen molar-refractivity contribution >= 4 is 5.78 Å². The zero-order valence-corrected chi connectivity index (χ0v) is 14.7. The van der Waals surface area contributed by atoms with Crippen LogP contribution in [0.15, 0.2) is 11.6 Å². The molecule has 0 radical (unpaired) electrons. The van der Waals surface area contributed by atoms with E-state index in [-0.39, 0.29) is 5.41 Å². The molecule has 0 aromatic heterocycles. The Morgan fingerprint density at radius 2 is 1.86 bits per heavy atom. The predicted octanol–water partition coefficient (Wildman–Crippen LogP) is 5.54. The van der Waals surface area contributed by atoms with Crippen molar-refractivity contribution in [1.82, 2.24) is 0 Å². The Bertz CT molecular complexity index is 518. The molecule has 4 aliphatic carbocycles. The molecular weight excluding hydrogens is 268 g/mol. The molecule has 6 atom stereocenters. The number of carbonyl (C=O) groups excluding carboxylic acids is 1. The Kier molecular flexibility index (Phi) is 3.37. The number of Topliss-reactive ketones (excluding diaryl/α,β-unsaturated/α-hetero) is 1. The number of fused-ring (bicyclic) bond motifs is 5. The highest BCUT2D eigenvalue weighted by molar-refractivity contribution is 5.95. The highest BCUT2D eigenvalue weighted by Crippen LogP contribution is 2.66. The van der Waals surface area contributed by atoms with Gasteiger partial charge in [0.1, 0.15) is 0 Å². The maximum atomic E-state index is 12.1. The fourth-order valence-corrected chi connectivity index (χ4v) is 7.41. The molecule has 22 heavy (non-hydrogen) atoms. The molecule has 4 rings (SSSR count). The quantitative estimate of drug-likeness (QED) is 0.621. The van der Waals surface area contributed by atoms with Crippen LogP contribution in [0.3, 0.4) is 0 Å². The summed E-state index contributed by atoms with van der Waals surface area (Å²) >= 11 is 0. The first-order valence-electron chi connectivity index (χ1n) is 9.68. The summed E-state index contributed by atoms with van der Waals surface area (Å²) in [6.45, 7) is 6.82. The van der Waals surface area contributed by atoms with Gasteiger partial charge in [0.25, 0.3) is 0 Å². The standard InChI is InChI=1S/C21H32O/c1-14(22)17-9-10-18-16-8-7-15-6-4-5-12-20(15,2)19(16)11-13-21(17,18)3/h9,15-16,18-19H,4-8,10-13H2,1-3H3/t15-,16?,18?,19?,20?,21?/m1/s1. The molecule has 122 valence electrons. The fourth-order valence-electron chi connectivity index (χ4n) is 7.41. The van der Waals surface area contributed by atoms with Gasteiger partial charge in [0, 0.05) is 0 Å². The average molecular weight is 300 g/mol. The molecule has 1 heteroatoms. The highest BCUT2D eigenvalue weighted by atomic mass is 16.1. The van der Waals surface area contributed by atoms with Crippen molar-refractivity contribution in [3.8, 4) is 0 Å². The number of rotatable bonds is 1. The largest absolute Gasteiger partial charge is 0.295 e. The van der Waals surface area contributed by atoms with Crippen LogP contribution in [0.25, 0.3) is 0 Å². The van der Waals surface area contributed by atoms with Gasteiger partial charge in [-0.15, -0.1) is 0 Å². The maximum Gasteiger partial charge on any atom is 0.156 e. The summed E-state index contributed by atoms with van der Waals surface area (Å²) in [6, 6.07) is 0. The fraction of sp³-hybridized carbons (Fsp3) is 0.857. The van der Waals surface area contributed by atoms with Crippen LogP contribution < -0.4 is 0 Å². The molecule has 3 fully saturated rings. The number of ketones is 1. The minimum atomic E-state index is 0.199. The second kappa shape index (κ2) is 4.95. The summed E-state index contributed by atoms with van der Waals surface area (Å²) in [5.41, 5.74) is 1.98.